The van der Waals surface area contributed by atoms with Crippen LogP contribution in [0.1, 0.15) is 12.8 Å². The van der Waals surface area contributed by atoms with Gasteiger partial charge in [0.2, 0.25) is 11.8 Å². The fourth-order valence-corrected chi connectivity index (χ4v) is 3.96. The van der Waals surface area contributed by atoms with Crippen LogP contribution in [0.4, 0.5) is 6.01 Å². The molecule has 0 radical (unpaired) electrons. The molecule has 10 heteroatoms. The summed E-state index contributed by atoms with van der Waals surface area (Å²) < 4.78 is 40.3. The highest BCUT2D eigenvalue weighted by Gasteiger charge is 2.16. The second-order valence-corrected chi connectivity index (χ2v) is 8.40. The number of nitrogens with one attached hydrogen (secondary N) is 1. The second kappa shape index (κ2) is 9.40. The largest absolute Gasteiger partial charge is 0.497 e. The van der Waals surface area contributed by atoms with Crippen molar-refractivity contribution in [2.75, 3.05) is 25.3 Å². The van der Waals surface area contributed by atoms with Crippen molar-refractivity contribution in [3.8, 4) is 23.0 Å². The van der Waals surface area contributed by atoms with Crippen LogP contribution in [0.3, 0.4) is 0 Å². The molecule has 0 aliphatic rings. The number of rotatable bonds is 9. The van der Waals surface area contributed by atoms with Crippen LogP contribution in [0.2, 0.25) is 0 Å². The monoisotopic (exact) mass is 431 g/mol. The number of benzene rings is 2. The zero-order valence-electron chi connectivity index (χ0n) is 16.5. The summed E-state index contributed by atoms with van der Waals surface area (Å²) in [5.74, 6) is 0.855. The van der Waals surface area contributed by atoms with Crippen LogP contribution in [-0.4, -0.2) is 44.5 Å². The fraction of sp³-hybridized carbons (Fsp3) is 0.250. The number of hydrogen-bond donors (Lipinski definition) is 1. The van der Waals surface area contributed by atoms with E-state index in [0.717, 1.165) is 0 Å². The SMILES string of the molecule is COc1ccc(S(=O)(=O)CCCC(=O)Nc2nnc(-c3cccc(OC)c3)o2)cc1. The molecule has 30 heavy (non-hydrogen) atoms. The quantitative estimate of drug-likeness (QED) is 0.549. The Morgan fingerprint density at radius 2 is 1.77 bits per heavy atom. The molecule has 1 heterocycles. The van der Waals surface area contributed by atoms with E-state index in [9.17, 15) is 13.2 Å². The van der Waals surface area contributed by atoms with Gasteiger partial charge in [0, 0.05) is 12.0 Å². The molecule has 0 bridgehead atoms. The fourth-order valence-electron chi connectivity index (χ4n) is 2.65. The van der Waals surface area contributed by atoms with Gasteiger partial charge < -0.3 is 13.9 Å². The molecule has 0 fully saturated rings. The third-order valence-corrected chi connectivity index (χ3v) is 6.04. The van der Waals surface area contributed by atoms with E-state index in [1.165, 1.54) is 19.2 Å². The number of hydrogen-bond acceptors (Lipinski definition) is 8. The van der Waals surface area contributed by atoms with E-state index >= 15 is 0 Å². The average molecular weight is 431 g/mol. The van der Waals surface area contributed by atoms with Gasteiger partial charge in [0.05, 0.1) is 24.9 Å². The number of nitrogens with zero attached hydrogens (tertiary/aromatic N) is 2. The maximum absolute atomic E-state index is 12.4. The lowest BCUT2D eigenvalue weighted by Gasteiger charge is -2.05. The first kappa shape index (κ1) is 21.3. The number of sulfone groups is 1. The van der Waals surface area contributed by atoms with E-state index < -0.39 is 15.7 Å². The summed E-state index contributed by atoms with van der Waals surface area (Å²) in [4.78, 5) is 12.3. The minimum absolute atomic E-state index is 0.00768. The van der Waals surface area contributed by atoms with Crippen molar-refractivity contribution in [1.82, 2.24) is 10.2 Å². The smallest absolute Gasteiger partial charge is 0.322 e. The Morgan fingerprint density at radius 1 is 1.03 bits per heavy atom. The number of aromatic nitrogens is 2. The molecule has 3 rings (SSSR count). The van der Waals surface area contributed by atoms with Gasteiger partial charge in [0.1, 0.15) is 11.5 Å². The molecule has 9 nitrogen and oxygen atoms in total. The highest BCUT2D eigenvalue weighted by atomic mass is 32.2. The summed E-state index contributed by atoms with van der Waals surface area (Å²) in [5, 5.41) is 10.2. The van der Waals surface area contributed by atoms with Gasteiger partial charge in [-0.05, 0) is 48.9 Å². The molecule has 0 aliphatic carbocycles. The summed E-state index contributed by atoms with van der Waals surface area (Å²) in [6, 6.07) is 13.1. The molecule has 0 atom stereocenters. The molecular weight excluding hydrogens is 410 g/mol. The maximum atomic E-state index is 12.4. The lowest BCUT2D eigenvalue weighted by atomic mass is 10.2. The number of anilines is 1. The van der Waals surface area contributed by atoms with Gasteiger partial charge in [0.25, 0.3) is 0 Å². The first-order valence-corrected chi connectivity index (χ1v) is 10.7. The number of ether oxygens (including phenoxy) is 2. The van der Waals surface area contributed by atoms with Gasteiger partial charge in [-0.1, -0.05) is 11.2 Å². The molecular formula is C20H21N3O6S. The van der Waals surface area contributed by atoms with Crippen LogP contribution in [0, 0.1) is 0 Å². The highest BCUT2D eigenvalue weighted by molar-refractivity contribution is 7.91. The lowest BCUT2D eigenvalue weighted by Crippen LogP contribution is -2.14. The van der Waals surface area contributed by atoms with Crippen LogP contribution in [0.5, 0.6) is 11.5 Å². The molecule has 1 N–H and O–H groups in total. The third kappa shape index (κ3) is 5.35. The van der Waals surface area contributed by atoms with E-state index in [-0.39, 0.29) is 35.4 Å². The molecule has 0 saturated heterocycles. The minimum Gasteiger partial charge on any atom is -0.497 e. The van der Waals surface area contributed by atoms with Gasteiger partial charge in [-0.3, -0.25) is 10.1 Å². The molecule has 2 aromatic carbocycles. The van der Waals surface area contributed by atoms with E-state index in [1.807, 2.05) is 0 Å². The lowest BCUT2D eigenvalue weighted by molar-refractivity contribution is -0.116. The van der Waals surface area contributed by atoms with Crippen LogP contribution >= 0.6 is 0 Å². The average Bonchev–Trinajstić information content (AvgIpc) is 3.22. The van der Waals surface area contributed by atoms with Crippen molar-refractivity contribution in [1.29, 1.82) is 0 Å². The van der Waals surface area contributed by atoms with Crippen molar-refractivity contribution in [3.63, 3.8) is 0 Å². The van der Waals surface area contributed by atoms with Crippen LogP contribution in [0.15, 0.2) is 57.8 Å². The first-order chi connectivity index (χ1) is 14.4. The van der Waals surface area contributed by atoms with Gasteiger partial charge in [-0.2, -0.15) is 0 Å². The van der Waals surface area contributed by atoms with Crippen molar-refractivity contribution >= 4 is 21.8 Å². The van der Waals surface area contributed by atoms with Gasteiger partial charge in [-0.25, -0.2) is 8.42 Å². The Bertz CT molecular complexity index is 1110. The normalized spacial score (nSPS) is 11.1. The van der Waals surface area contributed by atoms with E-state index in [4.69, 9.17) is 13.9 Å². The molecule has 0 unspecified atom stereocenters. The predicted octanol–water partition coefficient (Wildman–Crippen LogP) is 2.95. The van der Waals surface area contributed by atoms with Crippen molar-refractivity contribution < 1.29 is 27.1 Å². The summed E-state index contributed by atoms with van der Waals surface area (Å²) in [6.45, 7) is 0. The summed E-state index contributed by atoms with van der Waals surface area (Å²) in [5.41, 5.74) is 0.646. The van der Waals surface area contributed by atoms with Gasteiger partial charge in [0.15, 0.2) is 9.84 Å². The molecule has 1 amide bonds. The number of amides is 1. The molecule has 158 valence electrons. The number of carbonyl (C=O) groups excluding carboxylic acids is 1. The molecule has 0 saturated carbocycles. The van der Waals surface area contributed by atoms with Crippen molar-refractivity contribution in [3.05, 3.63) is 48.5 Å². The number of methoxy groups -OCH3 is 2. The predicted molar refractivity (Wildman–Crippen MR) is 109 cm³/mol. The zero-order valence-corrected chi connectivity index (χ0v) is 17.3. The van der Waals surface area contributed by atoms with E-state index in [0.29, 0.717) is 17.1 Å². The third-order valence-electron chi connectivity index (χ3n) is 4.22. The van der Waals surface area contributed by atoms with Gasteiger partial charge in [-0.15, -0.1) is 5.10 Å². The molecule has 3 aromatic rings. The van der Waals surface area contributed by atoms with Gasteiger partial charge >= 0.3 is 6.01 Å². The number of carbonyl (C=O) groups is 1. The second-order valence-electron chi connectivity index (χ2n) is 6.29. The highest BCUT2D eigenvalue weighted by Crippen LogP contribution is 2.24. The van der Waals surface area contributed by atoms with E-state index in [2.05, 4.69) is 15.5 Å². The molecule has 1 aromatic heterocycles. The van der Waals surface area contributed by atoms with Crippen molar-refractivity contribution in [2.24, 2.45) is 0 Å². The Balaban J connectivity index is 1.53. The van der Waals surface area contributed by atoms with Crippen molar-refractivity contribution in [2.45, 2.75) is 17.7 Å². The zero-order chi connectivity index (χ0) is 21.6. The summed E-state index contributed by atoms with van der Waals surface area (Å²) in [7, 11) is -0.437. The van der Waals surface area contributed by atoms with Crippen LogP contribution < -0.4 is 14.8 Å². The standard InChI is InChI=1S/C20H21N3O6S/c1-27-15-8-10-17(11-9-15)30(25,26)12-4-7-18(24)21-20-23-22-19(29-20)14-5-3-6-16(13-14)28-2/h3,5-6,8-11,13H,4,7,12H2,1-2H3,(H,21,23,24). The molecule has 0 aliphatic heterocycles. The van der Waals surface area contributed by atoms with Crippen LogP contribution in [0.25, 0.3) is 11.5 Å². The Hall–Kier alpha value is -3.40. The molecule has 0 spiro atoms. The summed E-state index contributed by atoms with van der Waals surface area (Å²) in [6.07, 6.45) is 0.142. The van der Waals surface area contributed by atoms with E-state index in [1.54, 1.807) is 43.5 Å². The minimum atomic E-state index is -3.49. The summed E-state index contributed by atoms with van der Waals surface area (Å²) >= 11 is 0. The maximum Gasteiger partial charge on any atom is 0.322 e. The Labute approximate surface area is 174 Å². The van der Waals surface area contributed by atoms with Crippen LogP contribution in [-0.2, 0) is 14.6 Å². The topological polar surface area (TPSA) is 121 Å². The Morgan fingerprint density at radius 3 is 2.47 bits per heavy atom. The first-order valence-electron chi connectivity index (χ1n) is 9.06. The Kier molecular flexibility index (Phi) is 6.68.